The van der Waals surface area contributed by atoms with Crippen LogP contribution in [0.3, 0.4) is 0 Å². The normalized spacial score (nSPS) is 12.6. The van der Waals surface area contributed by atoms with E-state index in [1.54, 1.807) is 6.92 Å². The Labute approximate surface area is 89.5 Å². The zero-order chi connectivity index (χ0) is 11.6. The summed E-state index contributed by atoms with van der Waals surface area (Å²) in [5.41, 5.74) is 5.50. The molecule has 0 aromatic carbocycles. The highest BCUT2D eigenvalue weighted by atomic mass is 32.2. The van der Waals surface area contributed by atoms with E-state index >= 15 is 0 Å². The number of anilines is 1. The topological polar surface area (TPSA) is 92.1 Å². The van der Waals surface area contributed by atoms with Gasteiger partial charge in [-0.2, -0.15) is 9.40 Å². The lowest BCUT2D eigenvalue weighted by Gasteiger charge is -2.23. The summed E-state index contributed by atoms with van der Waals surface area (Å²) in [6, 6.07) is -0.103. The van der Waals surface area contributed by atoms with Gasteiger partial charge in [0.05, 0.1) is 6.20 Å². The van der Waals surface area contributed by atoms with E-state index in [0.717, 1.165) is 0 Å². The fourth-order valence-electron chi connectivity index (χ4n) is 1.43. The Kier molecular flexibility index (Phi) is 3.35. The summed E-state index contributed by atoms with van der Waals surface area (Å²) in [5, 5.41) is 6.02. The van der Waals surface area contributed by atoms with Gasteiger partial charge >= 0.3 is 0 Å². The molecule has 1 aromatic rings. The number of nitrogens with zero attached hydrogens (tertiary/aromatic N) is 2. The van der Waals surface area contributed by atoms with Crippen LogP contribution >= 0.6 is 0 Å². The van der Waals surface area contributed by atoms with Crippen molar-refractivity contribution in [3.63, 3.8) is 0 Å². The summed E-state index contributed by atoms with van der Waals surface area (Å²) in [6.45, 7) is 5.83. The third-order valence-electron chi connectivity index (χ3n) is 2.11. The van der Waals surface area contributed by atoms with Gasteiger partial charge in [-0.1, -0.05) is 6.92 Å². The standard InChI is InChI=1S/C8H16N4O2S/c1-4-12(6(2)3)15(13,14)7-5-10-11-8(7)9/h5-6H,4H2,1-3H3,(H3,9,10,11). The van der Waals surface area contributed by atoms with Gasteiger partial charge in [-0.05, 0) is 13.8 Å². The number of hydrogen-bond acceptors (Lipinski definition) is 4. The molecule has 1 heterocycles. The summed E-state index contributed by atoms with van der Waals surface area (Å²) in [5.74, 6) is 0.0779. The molecule has 0 fully saturated rings. The first-order valence-corrected chi connectivity index (χ1v) is 6.16. The Morgan fingerprint density at radius 2 is 2.20 bits per heavy atom. The second-order valence-corrected chi connectivity index (χ2v) is 5.31. The Morgan fingerprint density at radius 3 is 2.53 bits per heavy atom. The van der Waals surface area contributed by atoms with Crippen molar-refractivity contribution in [2.24, 2.45) is 0 Å². The van der Waals surface area contributed by atoms with Crippen LogP contribution in [-0.4, -0.2) is 35.5 Å². The van der Waals surface area contributed by atoms with Gasteiger partial charge in [0.25, 0.3) is 0 Å². The minimum absolute atomic E-state index is 0.0399. The number of rotatable bonds is 4. The highest BCUT2D eigenvalue weighted by molar-refractivity contribution is 7.89. The number of aromatic amines is 1. The lowest BCUT2D eigenvalue weighted by molar-refractivity contribution is 0.369. The quantitative estimate of drug-likeness (QED) is 0.786. The summed E-state index contributed by atoms with van der Waals surface area (Å²) in [4.78, 5) is 0.0399. The maximum Gasteiger partial charge on any atom is 0.248 e. The van der Waals surface area contributed by atoms with E-state index in [1.165, 1.54) is 10.5 Å². The predicted molar refractivity (Wildman–Crippen MR) is 57.7 cm³/mol. The summed E-state index contributed by atoms with van der Waals surface area (Å²) < 4.78 is 25.5. The first-order valence-electron chi connectivity index (χ1n) is 4.72. The van der Waals surface area contributed by atoms with Crippen LogP contribution in [0.25, 0.3) is 0 Å². The maximum atomic E-state index is 12.1. The van der Waals surface area contributed by atoms with Crippen LogP contribution in [0, 0.1) is 0 Å². The van der Waals surface area contributed by atoms with Crippen molar-refractivity contribution >= 4 is 15.8 Å². The Bertz CT molecular complexity index is 424. The Morgan fingerprint density at radius 1 is 1.60 bits per heavy atom. The number of nitrogens with two attached hydrogens (primary N) is 1. The zero-order valence-corrected chi connectivity index (χ0v) is 9.87. The molecule has 0 saturated heterocycles. The molecule has 3 N–H and O–H groups in total. The summed E-state index contributed by atoms with van der Waals surface area (Å²) in [6.07, 6.45) is 1.23. The molecule has 0 spiro atoms. The molecule has 0 saturated carbocycles. The smallest absolute Gasteiger partial charge is 0.248 e. The molecule has 0 atom stereocenters. The van der Waals surface area contributed by atoms with E-state index in [4.69, 9.17) is 5.73 Å². The van der Waals surface area contributed by atoms with Gasteiger partial charge in [-0.25, -0.2) is 8.42 Å². The molecule has 0 aliphatic carbocycles. The lowest BCUT2D eigenvalue weighted by atomic mass is 10.4. The van der Waals surface area contributed by atoms with Crippen molar-refractivity contribution < 1.29 is 8.42 Å². The molecule has 1 aromatic heterocycles. The molecular formula is C8H16N4O2S. The first kappa shape index (κ1) is 12.0. The van der Waals surface area contributed by atoms with Gasteiger partial charge in [0, 0.05) is 12.6 Å². The SMILES string of the molecule is CCN(C(C)C)S(=O)(=O)c1cn[nH]c1N. The predicted octanol–water partition coefficient (Wildman–Crippen LogP) is 0.411. The molecular weight excluding hydrogens is 216 g/mol. The number of nitrogen functional groups attached to an aromatic ring is 1. The zero-order valence-electron chi connectivity index (χ0n) is 9.06. The van der Waals surface area contributed by atoms with Crippen LogP contribution in [0.15, 0.2) is 11.1 Å². The third-order valence-corrected chi connectivity index (χ3v) is 4.28. The molecule has 0 amide bonds. The van der Waals surface area contributed by atoms with E-state index in [0.29, 0.717) is 6.54 Å². The van der Waals surface area contributed by atoms with Crippen molar-refractivity contribution in [3.05, 3.63) is 6.20 Å². The highest BCUT2D eigenvalue weighted by Crippen LogP contribution is 2.21. The van der Waals surface area contributed by atoms with Crippen LogP contribution in [0.4, 0.5) is 5.82 Å². The Balaban J connectivity index is 3.18. The van der Waals surface area contributed by atoms with E-state index < -0.39 is 10.0 Å². The second kappa shape index (κ2) is 4.19. The van der Waals surface area contributed by atoms with E-state index in [9.17, 15) is 8.42 Å². The molecule has 0 bridgehead atoms. The van der Waals surface area contributed by atoms with Crippen molar-refractivity contribution in [2.45, 2.75) is 31.7 Å². The van der Waals surface area contributed by atoms with Crippen LogP contribution in [-0.2, 0) is 10.0 Å². The highest BCUT2D eigenvalue weighted by Gasteiger charge is 2.28. The van der Waals surface area contributed by atoms with Gasteiger partial charge in [0.2, 0.25) is 10.0 Å². The summed E-state index contributed by atoms with van der Waals surface area (Å²) in [7, 11) is -3.52. The molecule has 15 heavy (non-hydrogen) atoms. The molecule has 7 heteroatoms. The minimum atomic E-state index is -3.52. The van der Waals surface area contributed by atoms with E-state index in [2.05, 4.69) is 10.2 Å². The number of aromatic nitrogens is 2. The van der Waals surface area contributed by atoms with Crippen molar-refractivity contribution in [1.29, 1.82) is 0 Å². The fourth-order valence-corrected chi connectivity index (χ4v) is 3.09. The Hall–Kier alpha value is -1.08. The molecule has 0 aliphatic heterocycles. The molecule has 0 aliphatic rings. The number of nitrogens with one attached hydrogen (secondary N) is 1. The number of H-pyrrole nitrogens is 1. The van der Waals surface area contributed by atoms with Crippen molar-refractivity contribution in [2.75, 3.05) is 12.3 Å². The van der Waals surface area contributed by atoms with Gasteiger partial charge < -0.3 is 5.73 Å². The number of hydrogen-bond donors (Lipinski definition) is 2. The van der Waals surface area contributed by atoms with Gasteiger partial charge in [-0.3, -0.25) is 5.10 Å². The third kappa shape index (κ3) is 2.13. The van der Waals surface area contributed by atoms with Crippen LogP contribution in [0.1, 0.15) is 20.8 Å². The maximum absolute atomic E-state index is 12.1. The van der Waals surface area contributed by atoms with Crippen molar-refractivity contribution in [1.82, 2.24) is 14.5 Å². The monoisotopic (exact) mass is 232 g/mol. The average molecular weight is 232 g/mol. The average Bonchev–Trinajstić information content (AvgIpc) is 2.51. The van der Waals surface area contributed by atoms with Crippen LogP contribution in [0.2, 0.25) is 0 Å². The second-order valence-electron chi connectivity index (χ2n) is 3.45. The van der Waals surface area contributed by atoms with Crippen molar-refractivity contribution in [3.8, 4) is 0 Å². The molecule has 1 rings (SSSR count). The van der Waals surface area contributed by atoms with Crippen LogP contribution < -0.4 is 5.73 Å². The molecule has 6 nitrogen and oxygen atoms in total. The van der Waals surface area contributed by atoms with Gasteiger partial charge in [0.15, 0.2) is 0 Å². The lowest BCUT2D eigenvalue weighted by Crippen LogP contribution is -2.36. The largest absolute Gasteiger partial charge is 0.383 e. The van der Waals surface area contributed by atoms with E-state index in [1.807, 2.05) is 13.8 Å². The van der Waals surface area contributed by atoms with Gasteiger partial charge in [0.1, 0.15) is 10.7 Å². The first-order chi connectivity index (χ1) is 6.91. The minimum Gasteiger partial charge on any atom is -0.383 e. The van der Waals surface area contributed by atoms with Crippen LogP contribution in [0.5, 0.6) is 0 Å². The van der Waals surface area contributed by atoms with E-state index in [-0.39, 0.29) is 16.8 Å². The molecule has 0 unspecified atom stereocenters. The summed E-state index contributed by atoms with van der Waals surface area (Å²) >= 11 is 0. The molecule has 0 radical (unpaired) electrons. The van der Waals surface area contributed by atoms with Gasteiger partial charge in [-0.15, -0.1) is 0 Å². The molecule has 86 valence electrons. The fraction of sp³-hybridized carbons (Fsp3) is 0.625. The number of sulfonamides is 1.